The predicted molar refractivity (Wildman–Crippen MR) is 36.1 cm³/mol. The Morgan fingerprint density at radius 3 is 2.82 bits per heavy atom. The van der Waals surface area contributed by atoms with Crippen LogP contribution in [0.5, 0.6) is 0 Å². The van der Waals surface area contributed by atoms with Crippen LogP contribution in [0.15, 0.2) is 0 Å². The van der Waals surface area contributed by atoms with Crippen molar-refractivity contribution in [2.24, 2.45) is 0 Å². The van der Waals surface area contributed by atoms with Crippen LogP contribution in [0, 0.1) is 0 Å². The van der Waals surface area contributed by atoms with E-state index in [4.69, 9.17) is 4.74 Å². The molecular weight excluding hydrogens is 148 g/mol. The molecule has 0 aromatic carbocycles. The molecule has 1 unspecified atom stereocenters. The molecule has 5 heteroatoms. The van der Waals surface area contributed by atoms with E-state index in [-0.39, 0.29) is 18.3 Å². The number of rotatable bonds is 1. The van der Waals surface area contributed by atoms with Gasteiger partial charge in [-0.1, -0.05) is 0 Å². The minimum atomic E-state index is -0.444. The van der Waals surface area contributed by atoms with Gasteiger partial charge in [-0.15, -0.1) is 0 Å². The maximum absolute atomic E-state index is 10.7. The highest BCUT2D eigenvalue weighted by molar-refractivity contribution is 5.78. The molecule has 0 spiro atoms. The van der Waals surface area contributed by atoms with E-state index in [2.05, 4.69) is 5.43 Å². The summed E-state index contributed by atoms with van der Waals surface area (Å²) in [6.07, 6.45) is -0.226. The van der Waals surface area contributed by atoms with Gasteiger partial charge in [0.1, 0.15) is 0 Å². The number of esters is 1. The first-order chi connectivity index (χ1) is 5.09. The number of nitrogens with zero attached hydrogens (tertiary/aromatic N) is 1. The highest BCUT2D eigenvalue weighted by Gasteiger charge is 2.29. The van der Waals surface area contributed by atoms with Gasteiger partial charge in [-0.25, -0.2) is 0 Å². The molecule has 0 bridgehead atoms. The van der Waals surface area contributed by atoms with Crippen molar-refractivity contribution in [1.82, 2.24) is 10.4 Å². The van der Waals surface area contributed by atoms with Crippen LogP contribution >= 0.6 is 0 Å². The van der Waals surface area contributed by atoms with E-state index in [9.17, 15) is 9.59 Å². The van der Waals surface area contributed by atoms with Gasteiger partial charge in [-0.05, 0) is 0 Å². The smallest absolute Gasteiger partial charge is 0.304 e. The molecule has 1 saturated heterocycles. The van der Waals surface area contributed by atoms with Crippen molar-refractivity contribution >= 4 is 11.9 Å². The summed E-state index contributed by atoms with van der Waals surface area (Å²) < 4.78 is 4.80. The second-order valence-corrected chi connectivity index (χ2v) is 2.41. The maximum Gasteiger partial charge on any atom is 0.304 e. The highest BCUT2D eigenvalue weighted by Crippen LogP contribution is 2.08. The molecular formula is C6H10N2O3. The summed E-state index contributed by atoms with van der Waals surface area (Å²) in [5.41, 5.74) is 2.49. The average Bonchev–Trinajstić information content (AvgIpc) is 2.09. The van der Waals surface area contributed by atoms with Crippen LogP contribution in [0.3, 0.4) is 0 Å². The Bertz CT molecular complexity index is 192. The van der Waals surface area contributed by atoms with Crippen molar-refractivity contribution in [2.75, 3.05) is 7.05 Å². The van der Waals surface area contributed by atoms with Gasteiger partial charge in [0, 0.05) is 14.0 Å². The summed E-state index contributed by atoms with van der Waals surface area (Å²) in [5.74, 6) is -0.503. The lowest BCUT2D eigenvalue weighted by Gasteiger charge is -2.16. The molecule has 0 radical (unpaired) electrons. The largest absolute Gasteiger partial charge is 0.444 e. The predicted octanol–water partition coefficient (Wildman–Crippen LogP) is -0.758. The van der Waals surface area contributed by atoms with Gasteiger partial charge >= 0.3 is 5.97 Å². The minimum Gasteiger partial charge on any atom is -0.444 e. The number of carbonyl (C=O) groups is 2. The van der Waals surface area contributed by atoms with Gasteiger partial charge in [-0.2, -0.15) is 5.01 Å². The van der Waals surface area contributed by atoms with Crippen molar-refractivity contribution in [3.8, 4) is 0 Å². The Hall–Kier alpha value is -1.10. The lowest BCUT2D eigenvalue weighted by atomic mass is 10.4. The zero-order chi connectivity index (χ0) is 8.43. The third-order valence-corrected chi connectivity index (χ3v) is 1.40. The third kappa shape index (κ3) is 1.91. The van der Waals surface area contributed by atoms with Crippen molar-refractivity contribution in [3.05, 3.63) is 0 Å². The Morgan fingerprint density at radius 1 is 1.82 bits per heavy atom. The molecule has 0 aromatic heterocycles. The van der Waals surface area contributed by atoms with E-state index in [1.807, 2.05) is 0 Å². The number of ether oxygens (including phenoxy) is 1. The molecule has 0 aromatic rings. The van der Waals surface area contributed by atoms with Crippen LogP contribution in [-0.2, 0) is 14.3 Å². The van der Waals surface area contributed by atoms with Crippen LogP contribution in [0.25, 0.3) is 0 Å². The fraction of sp³-hybridized carbons (Fsp3) is 0.667. The molecule has 0 saturated carbocycles. The first kappa shape index (κ1) is 8.00. The van der Waals surface area contributed by atoms with Gasteiger partial charge in [0.15, 0.2) is 6.23 Å². The quantitative estimate of drug-likeness (QED) is 0.510. The Labute approximate surface area is 64.3 Å². The van der Waals surface area contributed by atoms with Gasteiger partial charge in [-0.3, -0.25) is 15.0 Å². The summed E-state index contributed by atoms with van der Waals surface area (Å²) in [6.45, 7) is 1.32. The van der Waals surface area contributed by atoms with Crippen molar-refractivity contribution in [1.29, 1.82) is 0 Å². The van der Waals surface area contributed by atoms with Gasteiger partial charge in [0.25, 0.3) is 0 Å². The van der Waals surface area contributed by atoms with Gasteiger partial charge in [0.2, 0.25) is 5.91 Å². The minimum absolute atomic E-state index is 0.126. The normalized spacial score (nSPS) is 24.9. The van der Waals surface area contributed by atoms with E-state index in [0.29, 0.717) is 0 Å². The van der Waals surface area contributed by atoms with Gasteiger partial charge < -0.3 is 4.74 Å². The topological polar surface area (TPSA) is 58.6 Å². The zero-order valence-corrected chi connectivity index (χ0v) is 6.46. The molecule has 62 valence electrons. The van der Waals surface area contributed by atoms with E-state index in [1.54, 1.807) is 7.05 Å². The second kappa shape index (κ2) is 2.87. The highest BCUT2D eigenvalue weighted by atomic mass is 16.6. The SMILES string of the molecule is CC(=O)OC1CC(=O)NN1C. The molecule has 5 nitrogen and oxygen atoms in total. The standard InChI is InChI=1S/C6H10N2O3/c1-4(9)11-6-3-5(10)7-8(6)2/h6H,3H2,1-2H3,(H,7,10). The lowest BCUT2D eigenvalue weighted by Crippen LogP contribution is -2.36. The molecule has 0 aliphatic carbocycles. The van der Waals surface area contributed by atoms with Crippen molar-refractivity contribution in [2.45, 2.75) is 19.6 Å². The van der Waals surface area contributed by atoms with Crippen LogP contribution in [0.4, 0.5) is 0 Å². The molecule has 1 N–H and O–H groups in total. The van der Waals surface area contributed by atoms with Crippen molar-refractivity contribution in [3.63, 3.8) is 0 Å². The molecule has 1 heterocycles. The number of hydrazine groups is 1. The molecule has 1 aliphatic heterocycles. The number of carbonyl (C=O) groups excluding carboxylic acids is 2. The lowest BCUT2D eigenvalue weighted by molar-refractivity contribution is -0.154. The Morgan fingerprint density at radius 2 is 2.45 bits per heavy atom. The van der Waals surface area contributed by atoms with Crippen LogP contribution in [0.1, 0.15) is 13.3 Å². The van der Waals surface area contributed by atoms with Crippen LogP contribution in [-0.4, -0.2) is 30.2 Å². The monoisotopic (exact) mass is 158 g/mol. The van der Waals surface area contributed by atoms with E-state index in [0.717, 1.165) is 0 Å². The zero-order valence-electron chi connectivity index (χ0n) is 6.46. The second-order valence-electron chi connectivity index (χ2n) is 2.41. The summed E-state index contributed by atoms with van der Waals surface area (Å²) in [6, 6.07) is 0. The van der Waals surface area contributed by atoms with Crippen LogP contribution < -0.4 is 5.43 Å². The Balaban J connectivity index is 2.46. The number of hydrogen-bond acceptors (Lipinski definition) is 4. The molecule has 1 fully saturated rings. The first-order valence-corrected chi connectivity index (χ1v) is 3.29. The van der Waals surface area contributed by atoms with E-state index < -0.39 is 6.23 Å². The van der Waals surface area contributed by atoms with E-state index >= 15 is 0 Å². The number of amides is 1. The molecule has 1 aliphatic rings. The van der Waals surface area contributed by atoms with Crippen molar-refractivity contribution < 1.29 is 14.3 Å². The van der Waals surface area contributed by atoms with Crippen LogP contribution in [0.2, 0.25) is 0 Å². The summed E-state index contributed by atoms with van der Waals surface area (Å²) in [7, 11) is 1.65. The fourth-order valence-corrected chi connectivity index (χ4v) is 0.922. The Kier molecular flexibility index (Phi) is 2.09. The first-order valence-electron chi connectivity index (χ1n) is 3.29. The average molecular weight is 158 g/mol. The van der Waals surface area contributed by atoms with Gasteiger partial charge in [0.05, 0.1) is 6.42 Å². The molecule has 11 heavy (non-hydrogen) atoms. The fourth-order valence-electron chi connectivity index (χ4n) is 0.922. The summed E-state index contributed by atoms with van der Waals surface area (Å²) in [4.78, 5) is 21.2. The molecule has 1 atom stereocenters. The molecule has 1 amide bonds. The number of hydrogen-bond donors (Lipinski definition) is 1. The molecule has 1 rings (SSSR count). The summed E-state index contributed by atoms with van der Waals surface area (Å²) in [5, 5.41) is 1.48. The number of nitrogens with one attached hydrogen (secondary N) is 1. The summed E-state index contributed by atoms with van der Waals surface area (Å²) >= 11 is 0. The maximum atomic E-state index is 10.7. The van der Waals surface area contributed by atoms with E-state index in [1.165, 1.54) is 11.9 Å². The third-order valence-electron chi connectivity index (χ3n) is 1.40.